The van der Waals surface area contributed by atoms with Crippen LogP contribution in [0.3, 0.4) is 0 Å². The molecule has 0 heterocycles. The Bertz CT molecular complexity index is 602. The molecule has 0 saturated carbocycles. The molecule has 0 radical (unpaired) electrons. The Kier molecular flexibility index (Phi) is 4.40. The van der Waals surface area contributed by atoms with Crippen molar-refractivity contribution in [3.05, 3.63) is 70.8 Å². The van der Waals surface area contributed by atoms with Gasteiger partial charge >= 0.3 is 0 Å². The molecule has 2 aromatic rings. The van der Waals surface area contributed by atoms with E-state index in [-0.39, 0.29) is 0 Å². The molecule has 0 amide bonds. The van der Waals surface area contributed by atoms with Crippen molar-refractivity contribution in [2.45, 2.75) is 44.6 Å². The zero-order valence-corrected chi connectivity index (χ0v) is 13.1. The lowest BCUT2D eigenvalue weighted by atomic mass is 9.74. The highest BCUT2D eigenvalue weighted by Gasteiger charge is 2.27. The topological polar surface area (TPSA) is 12.0 Å². The predicted molar refractivity (Wildman–Crippen MR) is 89.9 cm³/mol. The fourth-order valence-electron chi connectivity index (χ4n) is 3.51. The van der Waals surface area contributed by atoms with Gasteiger partial charge in [-0.25, -0.2) is 0 Å². The normalized spacial score (nSPS) is 17.9. The second-order valence-corrected chi connectivity index (χ2v) is 6.35. The maximum Gasteiger partial charge on any atom is 0.00731 e. The maximum absolute atomic E-state index is 3.52. The summed E-state index contributed by atoms with van der Waals surface area (Å²) in [5, 5.41) is 3.52. The number of benzene rings is 2. The fraction of sp³-hybridized carbons (Fsp3) is 0.400. The number of fused-ring (bicyclic) bond motifs is 1. The quantitative estimate of drug-likeness (QED) is 0.833. The van der Waals surface area contributed by atoms with E-state index < -0.39 is 0 Å². The molecule has 0 bridgehead atoms. The van der Waals surface area contributed by atoms with Gasteiger partial charge in [0, 0.05) is 6.04 Å². The van der Waals surface area contributed by atoms with Gasteiger partial charge in [-0.3, -0.25) is 0 Å². The Balaban J connectivity index is 1.55. The molecule has 1 aliphatic carbocycles. The van der Waals surface area contributed by atoms with E-state index in [0.29, 0.717) is 6.04 Å². The van der Waals surface area contributed by atoms with Crippen LogP contribution in [0.2, 0.25) is 0 Å². The Morgan fingerprint density at radius 1 is 1.14 bits per heavy atom. The van der Waals surface area contributed by atoms with Gasteiger partial charge in [0.2, 0.25) is 0 Å². The van der Waals surface area contributed by atoms with Gasteiger partial charge in [-0.05, 0) is 62.3 Å². The first-order valence-electron chi connectivity index (χ1n) is 8.07. The molecule has 0 fully saturated rings. The van der Waals surface area contributed by atoms with E-state index in [4.69, 9.17) is 0 Å². The molecule has 1 aliphatic rings. The van der Waals surface area contributed by atoms with Gasteiger partial charge in [0.15, 0.2) is 0 Å². The van der Waals surface area contributed by atoms with Gasteiger partial charge in [-0.15, -0.1) is 0 Å². The van der Waals surface area contributed by atoms with Gasteiger partial charge in [0.05, 0.1) is 0 Å². The summed E-state index contributed by atoms with van der Waals surface area (Å²) in [5.74, 6) is 0.760. The number of aryl methyl sites for hydroxylation is 2. The molecule has 21 heavy (non-hydrogen) atoms. The highest BCUT2D eigenvalue weighted by atomic mass is 14.9. The lowest BCUT2D eigenvalue weighted by Crippen LogP contribution is -2.31. The van der Waals surface area contributed by atoms with Crippen molar-refractivity contribution < 1.29 is 0 Å². The van der Waals surface area contributed by atoms with Crippen molar-refractivity contribution in [2.75, 3.05) is 7.05 Å². The van der Waals surface area contributed by atoms with E-state index in [1.165, 1.54) is 36.8 Å². The molecule has 1 nitrogen and oxygen atoms in total. The van der Waals surface area contributed by atoms with Crippen LogP contribution < -0.4 is 5.32 Å². The first kappa shape index (κ1) is 14.3. The summed E-state index contributed by atoms with van der Waals surface area (Å²) in [6.45, 7) is 2.17. The molecule has 110 valence electrons. The minimum atomic E-state index is 0.615. The van der Waals surface area contributed by atoms with Crippen LogP contribution in [0.25, 0.3) is 0 Å². The van der Waals surface area contributed by atoms with Crippen LogP contribution in [0.4, 0.5) is 0 Å². The fourth-order valence-corrected chi connectivity index (χ4v) is 3.51. The largest absolute Gasteiger partial charge is 0.317 e. The van der Waals surface area contributed by atoms with Gasteiger partial charge in [-0.2, -0.15) is 0 Å². The first-order valence-corrected chi connectivity index (χ1v) is 8.07. The second kappa shape index (κ2) is 6.44. The second-order valence-electron chi connectivity index (χ2n) is 6.35. The van der Waals surface area contributed by atoms with E-state index in [1.807, 2.05) is 0 Å². The van der Waals surface area contributed by atoms with Crippen molar-refractivity contribution >= 4 is 0 Å². The molecule has 0 saturated heterocycles. The van der Waals surface area contributed by atoms with Crippen LogP contribution in [-0.4, -0.2) is 13.1 Å². The minimum absolute atomic E-state index is 0.615. The van der Waals surface area contributed by atoms with Crippen molar-refractivity contribution in [3.63, 3.8) is 0 Å². The molecule has 0 aliphatic heterocycles. The van der Waals surface area contributed by atoms with Gasteiger partial charge in [0.1, 0.15) is 0 Å². The van der Waals surface area contributed by atoms with Crippen molar-refractivity contribution in [1.82, 2.24) is 5.32 Å². The Hall–Kier alpha value is -1.60. The number of hydrogen-bond donors (Lipinski definition) is 1. The van der Waals surface area contributed by atoms with Crippen LogP contribution >= 0.6 is 0 Å². The number of hydrogen-bond acceptors (Lipinski definition) is 1. The zero-order valence-electron chi connectivity index (χ0n) is 13.1. The molecule has 2 atom stereocenters. The predicted octanol–water partition coefficient (Wildman–Crippen LogP) is 4.25. The number of nitrogens with one attached hydrogen (secondary N) is 1. The smallest absolute Gasteiger partial charge is 0.00731 e. The summed E-state index contributed by atoms with van der Waals surface area (Å²) in [5.41, 5.74) is 5.95. The molecule has 1 heteroatoms. The lowest BCUT2D eigenvalue weighted by molar-refractivity contribution is 0.420. The Labute approximate surface area is 128 Å². The van der Waals surface area contributed by atoms with Gasteiger partial charge < -0.3 is 5.32 Å². The monoisotopic (exact) mass is 279 g/mol. The molecule has 3 rings (SSSR count). The summed E-state index contributed by atoms with van der Waals surface area (Å²) in [6, 6.07) is 18.4. The number of rotatable bonds is 6. The molecule has 0 aromatic heterocycles. The maximum atomic E-state index is 3.52. The van der Waals surface area contributed by atoms with Gasteiger partial charge in [-0.1, -0.05) is 54.1 Å². The van der Waals surface area contributed by atoms with E-state index >= 15 is 0 Å². The Morgan fingerprint density at radius 3 is 2.76 bits per heavy atom. The standard InChI is InChI=1S/C20H25N/c1-15-6-5-7-16(12-15)10-11-19(21-2)14-18-13-17-8-3-4-9-20(17)18/h3-9,12,18-19,21H,10-11,13-14H2,1-2H3. The molecule has 2 unspecified atom stereocenters. The van der Waals surface area contributed by atoms with E-state index in [9.17, 15) is 0 Å². The minimum Gasteiger partial charge on any atom is -0.317 e. The van der Waals surface area contributed by atoms with Crippen molar-refractivity contribution in [3.8, 4) is 0 Å². The summed E-state index contributed by atoms with van der Waals surface area (Å²) in [7, 11) is 2.10. The van der Waals surface area contributed by atoms with Gasteiger partial charge in [0.25, 0.3) is 0 Å². The average Bonchev–Trinajstić information content (AvgIpc) is 2.48. The van der Waals surface area contributed by atoms with Crippen LogP contribution in [0, 0.1) is 6.92 Å². The molecule has 2 aromatic carbocycles. The summed E-state index contributed by atoms with van der Waals surface area (Å²) in [6.07, 6.45) is 4.91. The van der Waals surface area contributed by atoms with E-state index in [0.717, 1.165) is 5.92 Å². The third kappa shape index (κ3) is 3.36. The lowest BCUT2D eigenvalue weighted by Gasteiger charge is -2.33. The Morgan fingerprint density at radius 2 is 2.00 bits per heavy atom. The van der Waals surface area contributed by atoms with Crippen molar-refractivity contribution in [1.29, 1.82) is 0 Å². The molecular weight excluding hydrogens is 254 g/mol. The van der Waals surface area contributed by atoms with Crippen LogP contribution in [0.15, 0.2) is 48.5 Å². The SMILES string of the molecule is CNC(CCc1cccc(C)c1)CC1Cc2ccccc21. The van der Waals surface area contributed by atoms with E-state index in [2.05, 4.69) is 67.8 Å². The third-order valence-corrected chi connectivity index (χ3v) is 4.80. The summed E-state index contributed by atoms with van der Waals surface area (Å²) in [4.78, 5) is 0. The highest BCUT2D eigenvalue weighted by molar-refractivity contribution is 5.39. The summed E-state index contributed by atoms with van der Waals surface area (Å²) >= 11 is 0. The highest BCUT2D eigenvalue weighted by Crippen LogP contribution is 2.38. The first-order chi connectivity index (χ1) is 10.3. The molecule has 1 N–H and O–H groups in total. The van der Waals surface area contributed by atoms with Crippen LogP contribution in [-0.2, 0) is 12.8 Å². The van der Waals surface area contributed by atoms with Crippen LogP contribution in [0.1, 0.15) is 41.0 Å². The van der Waals surface area contributed by atoms with E-state index in [1.54, 1.807) is 11.1 Å². The van der Waals surface area contributed by atoms with Crippen LogP contribution in [0.5, 0.6) is 0 Å². The average molecular weight is 279 g/mol. The third-order valence-electron chi connectivity index (χ3n) is 4.80. The summed E-state index contributed by atoms with van der Waals surface area (Å²) < 4.78 is 0. The zero-order chi connectivity index (χ0) is 14.7. The molecular formula is C20H25N. The van der Waals surface area contributed by atoms with Crippen molar-refractivity contribution in [2.24, 2.45) is 0 Å². The molecule has 0 spiro atoms.